The van der Waals surface area contributed by atoms with Gasteiger partial charge in [0, 0.05) is 18.7 Å². The summed E-state index contributed by atoms with van der Waals surface area (Å²) < 4.78 is 5.47. The highest BCUT2D eigenvalue weighted by atomic mass is 16.5. The monoisotopic (exact) mass is 409 g/mol. The molecule has 2 aromatic carbocycles. The summed E-state index contributed by atoms with van der Waals surface area (Å²) in [5, 5.41) is 5.63. The van der Waals surface area contributed by atoms with Gasteiger partial charge in [-0.15, -0.1) is 0 Å². The first kappa shape index (κ1) is 21.4. The van der Waals surface area contributed by atoms with Crippen molar-refractivity contribution in [3.05, 3.63) is 53.6 Å². The number of hydrogen-bond acceptors (Lipinski definition) is 4. The first-order valence-corrected chi connectivity index (χ1v) is 10.2. The molecule has 0 saturated heterocycles. The van der Waals surface area contributed by atoms with E-state index in [0.29, 0.717) is 36.5 Å². The van der Waals surface area contributed by atoms with Crippen LogP contribution < -0.4 is 20.3 Å². The predicted octanol–water partition coefficient (Wildman–Crippen LogP) is 2.82. The Kier molecular flexibility index (Phi) is 7.06. The van der Waals surface area contributed by atoms with Gasteiger partial charge >= 0.3 is 0 Å². The molecule has 0 bridgehead atoms. The third-order valence-corrected chi connectivity index (χ3v) is 4.82. The van der Waals surface area contributed by atoms with Crippen LogP contribution in [0.4, 0.5) is 11.4 Å². The largest absolute Gasteiger partial charge is 0.482 e. The van der Waals surface area contributed by atoms with Crippen molar-refractivity contribution >= 4 is 29.1 Å². The molecule has 0 radical (unpaired) electrons. The number of aryl methyl sites for hydroxylation is 2. The van der Waals surface area contributed by atoms with E-state index in [0.717, 1.165) is 12.0 Å². The van der Waals surface area contributed by atoms with Crippen LogP contribution in [0.25, 0.3) is 0 Å². The lowest BCUT2D eigenvalue weighted by Crippen LogP contribution is -2.45. The zero-order valence-electron chi connectivity index (χ0n) is 17.4. The lowest BCUT2D eigenvalue weighted by molar-refractivity contribution is -0.125. The Morgan fingerprint density at radius 1 is 1.10 bits per heavy atom. The number of fused-ring (bicyclic) bond motifs is 1. The number of benzene rings is 2. The molecular formula is C23H27N3O4. The number of nitrogens with one attached hydrogen (secondary N) is 2. The van der Waals surface area contributed by atoms with Crippen molar-refractivity contribution < 1.29 is 19.1 Å². The minimum Gasteiger partial charge on any atom is -0.482 e. The normalized spacial score (nSPS) is 12.7. The van der Waals surface area contributed by atoms with E-state index in [2.05, 4.69) is 10.6 Å². The average Bonchev–Trinajstić information content (AvgIpc) is 2.74. The van der Waals surface area contributed by atoms with E-state index in [1.807, 2.05) is 38.1 Å². The van der Waals surface area contributed by atoms with Crippen molar-refractivity contribution in [2.75, 3.05) is 29.9 Å². The van der Waals surface area contributed by atoms with Crippen LogP contribution in [0, 0.1) is 6.92 Å². The molecule has 7 heteroatoms. The van der Waals surface area contributed by atoms with Gasteiger partial charge in [-0.05, 0) is 43.5 Å². The molecule has 30 heavy (non-hydrogen) atoms. The van der Waals surface area contributed by atoms with Crippen LogP contribution in [0.15, 0.2) is 42.5 Å². The molecule has 0 aromatic heterocycles. The molecule has 1 heterocycles. The molecule has 0 aliphatic carbocycles. The number of rotatable bonds is 8. The second kappa shape index (κ2) is 9.91. The molecule has 0 unspecified atom stereocenters. The van der Waals surface area contributed by atoms with E-state index in [1.54, 1.807) is 18.2 Å². The van der Waals surface area contributed by atoms with Crippen LogP contribution >= 0.6 is 0 Å². The lowest BCUT2D eigenvalue weighted by atomic mass is 10.1. The molecule has 0 fully saturated rings. The van der Waals surface area contributed by atoms with Crippen LogP contribution in [0.1, 0.15) is 30.9 Å². The summed E-state index contributed by atoms with van der Waals surface area (Å²) in [6.45, 7) is 4.35. The first-order chi connectivity index (χ1) is 14.5. The van der Waals surface area contributed by atoms with Crippen LogP contribution in [-0.4, -0.2) is 37.4 Å². The second-order valence-electron chi connectivity index (χ2n) is 7.33. The van der Waals surface area contributed by atoms with Gasteiger partial charge in [0.25, 0.3) is 5.91 Å². The van der Waals surface area contributed by atoms with Gasteiger partial charge in [0.1, 0.15) is 12.3 Å². The zero-order chi connectivity index (χ0) is 21.5. The van der Waals surface area contributed by atoms with Crippen LogP contribution in [-0.2, 0) is 20.8 Å². The molecule has 3 rings (SSSR count). The molecule has 0 spiro atoms. The number of amides is 3. The molecule has 7 nitrogen and oxygen atoms in total. The Hall–Kier alpha value is -3.35. The van der Waals surface area contributed by atoms with Crippen LogP contribution in [0.5, 0.6) is 5.75 Å². The highest BCUT2D eigenvalue weighted by Gasteiger charge is 2.27. The van der Waals surface area contributed by atoms with Crippen LogP contribution in [0.3, 0.4) is 0 Å². The number of hydrogen-bond donors (Lipinski definition) is 2. The Balaban J connectivity index is 1.65. The molecule has 0 atom stereocenters. The van der Waals surface area contributed by atoms with Crippen LogP contribution in [0.2, 0.25) is 0 Å². The molecule has 1 aliphatic heterocycles. The number of anilines is 2. The van der Waals surface area contributed by atoms with Gasteiger partial charge in [0.2, 0.25) is 11.8 Å². The molecule has 3 amide bonds. The van der Waals surface area contributed by atoms with Gasteiger partial charge in [-0.1, -0.05) is 36.8 Å². The van der Waals surface area contributed by atoms with E-state index in [-0.39, 0.29) is 30.9 Å². The van der Waals surface area contributed by atoms with Gasteiger partial charge < -0.3 is 15.4 Å². The molecule has 0 saturated carbocycles. The predicted molar refractivity (Wildman–Crippen MR) is 116 cm³/mol. The number of ether oxygens (including phenoxy) is 1. The Morgan fingerprint density at radius 3 is 2.60 bits per heavy atom. The van der Waals surface area contributed by atoms with E-state index in [4.69, 9.17) is 4.74 Å². The van der Waals surface area contributed by atoms with Crippen molar-refractivity contribution in [1.82, 2.24) is 5.32 Å². The summed E-state index contributed by atoms with van der Waals surface area (Å²) in [6.07, 6.45) is 1.80. The first-order valence-electron chi connectivity index (χ1n) is 10.2. The summed E-state index contributed by atoms with van der Waals surface area (Å²) in [4.78, 5) is 38.2. The smallest absolute Gasteiger partial charge is 0.265 e. The Morgan fingerprint density at radius 2 is 1.87 bits per heavy atom. The fraction of sp³-hybridized carbons (Fsp3) is 0.348. The highest BCUT2D eigenvalue weighted by molar-refractivity contribution is 6.03. The third-order valence-electron chi connectivity index (χ3n) is 4.82. The van der Waals surface area contributed by atoms with Gasteiger partial charge in [-0.25, -0.2) is 0 Å². The maximum Gasteiger partial charge on any atom is 0.265 e. The second-order valence-corrected chi connectivity index (χ2v) is 7.33. The third kappa shape index (κ3) is 5.59. The van der Waals surface area contributed by atoms with E-state index in [1.165, 1.54) is 10.5 Å². The maximum atomic E-state index is 12.4. The minimum absolute atomic E-state index is 0.0833. The van der Waals surface area contributed by atoms with Gasteiger partial charge in [0.15, 0.2) is 6.61 Å². The summed E-state index contributed by atoms with van der Waals surface area (Å²) in [6, 6.07) is 13.2. The quantitative estimate of drug-likeness (QED) is 0.702. The maximum absolute atomic E-state index is 12.4. The van der Waals surface area contributed by atoms with Crippen molar-refractivity contribution in [2.45, 2.75) is 33.1 Å². The summed E-state index contributed by atoms with van der Waals surface area (Å²) >= 11 is 0. The molecule has 1 aliphatic rings. The summed E-state index contributed by atoms with van der Waals surface area (Å²) in [7, 11) is 0. The minimum atomic E-state index is -0.294. The van der Waals surface area contributed by atoms with Crippen molar-refractivity contribution in [2.24, 2.45) is 0 Å². The lowest BCUT2D eigenvalue weighted by Gasteiger charge is -2.29. The van der Waals surface area contributed by atoms with Gasteiger partial charge in [0.05, 0.1) is 5.69 Å². The van der Waals surface area contributed by atoms with Crippen molar-refractivity contribution in [3.8, 4) is 5.75 Å². The van der Waals surface area contributed by atoms with E-state index < -0.39 is 0 Å². The van der Waals surface area contributed by atoms with Crippen molar-refractivity contribution in [1.29, 1.82) is 0 Å². The number of carbonyl (C=O) groups is 3. The molecule has 158 valence electrons. The zero-order valence-corrected chi connectivity index (χ0v) is 17.4. The molecule has 2 aromatic rings. The SMILES string of the molecule is CCCNC(=O)CN1C(=O)COc2ccc(NC(=O)CCc3ccc(C)cc3)cc21. The number of carbonyl (C=O) groups excluding carboxylic acids is 3. The van der Waals surface area contributed by atoms with Crippen molar-refractivity contribution in [3.63, 3.8) is 0 Å². The fourth-order valence-corrected chi connectivity index (χ4v) is 3.15. The topological polar surface area (TPSA) is 87.7 Å². The Labute approximate surface area is 176 Å². The van der Waals surface area contributed by atoms with E-state index in [9.17, 15) is 14.4 Å². The van der Waals surface area contributed by atoms with Gasteiger partial charge in [-0.2, -0.15) is 0 Å². The summed E-state index contributed by atoms with van der Waals surface area (Å²) in [5.41, 5.74) is 3.32. The summed E-state index contributed by atoms with van der Waals surface area (Å²) in [5.74, 6) is -0.135. The molecular weight excluding hydrogens is 382 g/mol. The number of nitrogens with zero attached hydrogens (tertiary/aromatic N) is 1. The molecule has 2 N–H and O–H groups in total. The average molecular weight is 409 g/mol. The standard InChI is InChI=1S/C23H27N3O4/c1-3-12-24-22(28)14-26-19-13-18(9-10-20(19)30-15-23(26)29)25-21(27)11-8-17-6-4-16(2)5-7-17/h4-7,9-10,13H,3,8,11-12,14-15H2,1-2H3,(H,24,28)(H,25,27). The van der Waals surface area contributed by atoms with Gasteiger partial charge in [-0.3, -0.25) is 19.3 Å². The highest BCUT2D eigenvalue weighted by Crippen LogP contribution is 2.34. The van der Waals surface area contributed by atoms with E-state index >= 15 is 0 Å². The fourth-order valence-electron chi connectivity index (χ4n) is 3.15. The Bertz CT molecular complexity index is 925.